The summed E-state index contributed by atoms with van der Waals surface area (Å²) in [6.07, 6.45) is 81.0. The Morgan fingerprint density at radius 2 is 0.507 bits per heavy atom. The number of hydrogen-bond acceptors (Lipinski definition) is 6. The summed E-state index contributed by atoms with van der Waals surface area (Å²) in [7, 11) is 0. The van der Waals surface area contributed by atoms with Gasteiger partial charge in [0.15, 0.2) is 6.10 Å². The van der Waals surface area contributed by atoms with Gasteiger partial charge in [0.25, 0.3) is 0 Å². The van der Waals surface area contributed by atoms with Crippen LogP contribution in [0.2, 0.25) is 0 Å². The predicted molar refractivity (Wildman–Crippen MR) is 325 cm³/mol. The lowest BCUT2D eigenvalue weighted by Gasteiger charge is -2.18. The number of rotatable bonds is 60. The fourth-order valence-electron chi connectivity index (χ4n) is 9.51. The lowest BCUT2D eigenvalue weighted by atomic mass is 10.0. The molecule has 0 aromatic rings. The number of esters is 3. The lowest BCUT2D eigenvalue weighted by Crippen LogP contribution is -2.30. The van der Waals surface area contributed by atoms with Crippen molar-refractivity contribution < 1.29 is 28.6 Å². The van der Waals surface area contributed by atoms with Crippen LogP contribution in [-0.4, -0.2) is 37.2 Å². The van der Waals surface area contributed by atoms with E-state index < -0.39 is 6.10 Å². The van der Waals surface area contributed by atoms with Gasteiger partial charge in [0.05, 0.1) is 0 Å². The van der Waals surface area contributed by atoms with E-state index in [1.807, 2.05) is 0 Å². The quantitative estimate of drug-likeness (QED) is 0.0261. The Morgan fingerprint density at radius 1 is 0.267 bits per heavy atom. The summed E-state index contributed by atoms with van der Waals surface area (Å²) < 4.78 is 16.9. The van der Waals surface area contributed by atoms with Gasteiger partial charge in [-0.15, -0.1) is 0 Å². The van der Waals surface area contributed by atoms with Gasteiger partial charge in [-0.25, -0.2) is 0 Å². The highest BCUT2D eigenvalue weighted by molar-refractivity contribution is 5.71. The highest BCUT2D eigenvalue weighted by Crippen LogP contribution is 2.17. The van der Waals surface area contributed by atoms with Crippen LogP contribution in [0.25, 0.3) is 0 Å². The van der Waals surface area contributed by atoms with Crippen LogP contribution in [0.15, 0.2) is 60.8 Å². The van der Waals surface area contributed by atoms with E-state index in [2.05, 4.69) is 81.5 Å². The summed E-state index contributed by atoms with van der Waals surface area (Å²) in [5, 5.41) is 0. The van der Waals surface area contributed by atoms with Gasteiger partial charge < -0.3 is 14.2 Å². The molecule has 0 bridgehead atoms. The molecule has 1 atom stereocenters. The van der Waals surface area contributed by atoms with Crippen LogP contribution in [0.5, 0.6) is 0 Å². The number of carbonyl (C=O) groups is 3. The third kappa shape index (κ3) is 61.8. The van der Waals surface area contributed by atoms with Gasteiger partial charge in [0.2, 0.25) is 0 Å². The molecule has 0 aromatic carbocycles. The predicted octanol–water partition coefficient (Wildman–Crippen LogP) is 22.3. The first-order valence-corrected chi connectivity index (χ1v) is 32.8. The molecule has 0 saturated carbocycles. The second-order valence-electron chi connectivity index (χ2n) is 22.0. The van der Waals surface area contributed by atoms with Crippen molar-refractivity contribution in [3.63, 3.8) is 0 Å². The van der Waals surface area contributed by atoms with E-state index >= 15 is 0 Å². The minimum Gasteiger partial charge on any atom is -0.462 e. The second-order valence-corrected chi connectivity index (χ2v) is 22.0. The number of carbonyl (C=O) groups excluding carboxylic acids is 3. The van der Waals surface area contributed by atoms with Gasteiger partial charge >= 0.3 is 17.9 Å². The topological polar surface area (TPSA) is 78.9 Å². The average molecular weight is 1050 g/mol. The van der Waals surface area contributed by atoms with Crippen molar-refractivity contribution in [2.75, 3.05) is 13.2 Å². The van der Waals surface area contributed by atoms with Crippen LogP contribution in [0, 0.1) is 0 Å². The van der Waals surface area contributed by atoms with Gasteiger partial charge in [-0.1, -0.05) is 281 Å². The molecule has 0 radical (unpaired) electrons. The molecule has 0 fully saturated rings. The van der Waals surface area contributed by atoms with Crippen molar-refractivity contribution in [2.45, 2.75) is 348 Å². The third-order valence-electron chi connectivity index (χ3n) is 14.4. The summed E-state index contributed by atoms with van der Waals surface area (Å²) in [5.74, 6) is -0.896. The molecule has 0 aromatic heterocycles. The molecule has 1 unspecified atom stereocenters. The minimum absolute atomic E-state index is 0.0821. The molecule has 6 nitrogen and oxygen atoms in total. The van der Waals surface area contributed by atoms with Crippen LogP contribution in [-0.2, 0) is 28.6 Å². The summed E-state index contributed by atoms with van der Waals surface area (Å²) in [5.41, 5.74) is 0. The summed E-state index contributed by atoms with van der Waals surface area (Å²) in [6.45, 7) is 6.56. The van der Waals surface area contributed by atoms with E-state index in [0.29, 0.717) is 19.3 Å². The molecule has 0 N–H and O–H groups in total. The smallest absolute Gasteiger partial charge is 0.306 e. The lowest BCUT2D eigenvalue weighted by molar-refractivity contribution is -0.167. The molecule has 0 amide bonds. The highest BCUT2D eigenvalue weighted by Gasteiger charge is 2.19. The maximum Gasteiger partial charge on any atom is 0.306 e. The summed E-state index contributed by atoms with van der Waals surface area (Å²) in [6, 6.07) is 0. The molecule has 0 rings (SSSR count). The molecule has 75 heavy (non-hydrogen) atoms. The molecular weight excluding hydrogens is 925 g/mol. The monoisotopic (exact) mass is 1050 g/mol. The Bertz CT molecular complexity index is 1340. The average Bonchev–Trinajstić information content (AvgIpc) is 3.41. The summed E-state index contributed by atoms with van der Waals surface area (Å²) >= 11 is 0. The van der Waals surface area contributed by atoms with Crippen molar-refractivity contribution in [1.82, 2.24) is 0 Å². The fraction of sp³-hybridized carbons (Fsp3) is 0.812. The van der Waals surface area contributed by atoms with E-state index in [4.69, 9.17) is 14.2 Å². The van der Waals surface area contributed by atoms with Crippen LogP contribution < -0.4 is 0 Å². The molecule has 0 aliphatic rings. The maximum absolute atomic E-state index is 12.9. The molecule has 0 aliphatic heterocycles. The first-order valence-electron chi connectivity index (χ1n) is 32.8. The zero-order chi connectivity index (χ0) is 54.3. The largest absolute Gasteiger partial charge is 0.462 e. The zero-order valence-electron chi connectivity index (χ0n) is 50.1. The number of hydrogen-bond donors (Lipinski definition) is 0. The molecule has 0 heterocycles. The van der Waals surface area contributed by atoms with Crippen molar-refractivity contribution in [3.05, 3.63) is 60.8 Å². The molecule has 0 aliphatic carbocycles. The molecule has 0 spiro atoms. The molecular formula is C69H124O6. The summed E-state index contributed by atoms with van der Waals surface area (Å²) in [4.78, 5) is 38.2. The van der Waals surface area contributed by atoms with E-state index in [-0.39, 0.29) is 31.1 Å². The normalized spacial score (nSPS) is 12.4. The van der Waals surface area contributed by atoms with Crippen LogP contribution in [0.1, 0.15) is 342 Å². The molecule has 436 valence electrons. The highest BCUT2D eigenvalue weighted by atomic mass is 16.6. The first-order chi connectivity index (χ1) is 37.0. The van der Waals surface area contributed by atoms with Gasteiger partial charge in [-0.05, 0) is 103 Å². The Hall–Kier alpha value is -2.89. The molecule has 6 heteroatoms. The standard InChI is InChI=1S/C69H124O6/c1-4-7-10-13-16-19-22-25-27-28-29-30-31-32-33-34-35-36-37-38-39-40-42-44-47-50-53-56-59-62-68(71)74-65-66(64-73-67(70)61-58-55-52-49-46-43-24-21-18-15-12-9-6-3)75-69(72)63-60-57-54-51-48-45-41-26-23-20-17-14-11-8-5-2/h12,15,17,20-21,24,26,28-29,41,66H,4-11,13-14,16,18-19,22-23,25,27,30-40,42-65H2,1-3H3/b15-12-,20-17-,24-21-,29-28-,41-26-. The minimum atomic E-state index is -0.787. The van der Waals surface area contributed by atoms with Gasteiger partial charge in [0, 0.05) is 19.3 Å². The first kappa shape index (κ1) is 72.1. The van der Waals surface area contributed by atoms with Crippen molar-refractivity contribution in [2.24, 2.45) is 0 Å². The van der Waals surface area contributed by atoms with E-state index in [1.165, 1.54) is 193 Å². The van der Waals surface area contributed by atoms with Crippen LogP contribution in [0.4, 0.5) is 0 Å². The van der Waals surface area contributed by atoms with Gasteiger partial charge in [-0.2, -0.15) is 0 Å². The van der Waals surface area contributed by atoms with E-state index in [9.17, 15) is 14.4 Å². The number of ether oxygens (including phenoxy) is 3. The van der Waals surface area contributed by atoms with Crippen LogP contribution in [0.3, 0.4) is 0 Å². The van der Waals surface area contributed by atoms with E-state index in [0.717, 1.165) is 109 Å². The molecule has 0 saturated heterocycles. The Morgan fingerprint density at radius 3 is 0.827 bits per heavy atom. The third-order valence-corrected chi connectivity index (χ3v) is 14.4. The Labute approximate surface area is 466 Å². The maximum atomic E-state index is 12.9. The van der Waals surface area contributed by atoms with Crippen LogP contribution >= 0.6 is 0 Å². The zero-order valence-corrected chi connectivity index (χ0v) is 50.1. The number of allylic oxidation sites excluding steroid dienone is 10. The van der Waals surface area contributed by atoms with Gasteiger partial charge in [0.1, 0.15) is 13.2 Å². The fourth-order valence-corrected chi connectivity index (χ4v) is 9.51. The van der Waals surface area contributed by atoms with Crippen molar-refractivity contribution >= 4 is 17.9 Å². The van der Waals surface area contributed by atoms with Gasteiger partial charge in [-0.3, -0.25) is 14.4 Å². The SMILES string of the molecule is CCC/C=C\C/C=C\CCCCCCCC(=O)OCC(COC(=O)CCCCCCCCCCCCCCCCCCC/C=C\CCCCCCCCCC)OC(=O)CCCCCCC/C=C\C/C=C\CCCCC. The Balaban J connectivity index is 4.18. The second kappa shape index (κ2) is 63.6. The number of unbranched alkanes of at least 4 members (excludes halogenated alkanes) is 39. The Kier molecular flexibility index (Phi) is 61.2. The van der Waals surface area contributed by atoms with Crippen molar-refractivity contribution in [1.29, 1.82) is 0 Å². The van der Waals surface area contributed by atoms with Crippen molar-refractivity contribution in [3.8, 4) is 0 Å². The van der Waals surface area contributed by atoms with E-state index in [1.54, 1.807) is 0 Å².